The van der Waals surface area contributed by atoms with Gasteiger partial charge in [0.2, 0.25) is 0 Å². The number of nitrogens with zero attached hydrogens (tertiary/aromatic N) is 2. The van der Waals surface area contributed by atoms with Crippen LogP contribution in [0.2, 0.25) is 0 Å². The lowest BCUT2D eigenvalue weighted by atomic mass is 10.2. The summed E-state index contributed by atoms with van der Waals surface area (Å²) >= 11 is 0. The van der Waals surface area contributed by atoms with E-state index in [1.807, 2.05) is 54.3 Å². The number of carbonyl (C=O) groups is 1. The number of hydrogen-bond acceptors (Lipinski definition) is 3. The molecular weight excluding hydrogens is 276 g/mol. The fraction of sp³-hybridized carbons (Fsp3) is 0.333. The molecule has 1 aromatic carbocycles. The largest absolute Gasteiger partial charge is 0.481 e. The Kier molecular flexibility index (Phi) is 4.37. The van der Waals surface area contributed by atoms with Crippen LogP contribution in [-0.4, -0.2) is 27.9 Å². The van der Waals surface area contributed by atoms with E-state index >= 15 is 0 Å². The normalized spacial score (nSPS) is 15.1. The average Bonchev–Trinajstić information content (AvgIpc) is 3.39. The van der Waals surface area contributed by atoms with Gasteiger partial charge in [-0.15, -0.1) is 0 Å². The molecule has 22 heavy (non-hydrogen) atoms. The summed E-state index contributed by atoms with van der Waals surface area (Å²) in [4.78, 5) is 18.7. The first-order chi connectivity index (χ1) is 10.7. The van der Waals surface area contributed by atoms with Crippen LogP contribution in [0.1, 0.15) is 25.3 Å². The summed E-state index contributed by atoms with van der Waals surface area (Å²) < 4.78 is 5.77. The Morgan fingerprint density at radius 2 is 1.91 bits per heavy atom. The molecule has 0 unspecified atom stereocenters. The minimum Gasteiger partial charge on any atom is -0.481 e. The molecule has 0 bridgehead atoms. The van der Waals surface area contributed by atoms with Crippen molar-refractivity contribution in [1.82, 2.24) is 9.88 Å². The molecule has 2 aromatic rings. The van der Waals surface area contributed by atoms with Crippen LogP contribution in [0.3, 0.4) is 0 Å². The Balaban J connectivity index is 1.67. The van der Waals surface area contributed by atoms with E-state index in [1.54, 1.807) is 12.4 Å². The number of rotatable bonds is 6. The third-order valence-corrected chi connectivity index (χ3v) is 3.78. The molecule has 1 amide bonds. The SMILES string of the molecule is C[C@@H](Oc1ccccc1)C(=O)N(Cc1ccncc1)C1CC1. The first-order valence-electron chi connectivity index (χ1n) is 7.65. The highest BCUT2D eigenvalue weighted by Crippen LogP contribution is 2.29. The zero-order valence-corrected chi connectivity index (χ0v) is 12.7. The molecule has 0 saturated heterocycles. The molecule has 1 atom stereocenters. The van der Waals surface area contributed by atoms with Gasteiger partial charge in [-0.3, -0.25) is 9.78 Å². The van der Waals surface area contributed by atoms with Crippen LogP contribution in [-0.2, 0) is 11.3 Å². The number of para-hydroxylation sites is 1. The van der Waals surface area contributed by atoms with Crippen molar-refractivity contribution >= 4 is 5.91 Å². The molecule has 3 rings (SSSR count). The van der Waals surface area contributed by atoms with Gasteiger partial charge in [-0.2, -0.15) is 0 Å². The minimum atomic E-state index is -0.482. The Labute approximate surface area is 130 Å². The number of carbonyl (C=O) groups excluding carboxylic acids is 1. The molecule has 1 heterocycles. The third kappa shape index (κ3) is 3.64. The second kappa shape index (κ2) is 6.60. The number of aromatic nitrogens is 1. The van der Waals surface area contributed by atoms with Crippen molar-refractivity contribution in [3.63, 3.8) is 0 Å². The Bertz CT molecular complexity index is 611. The van der Waals surface area contributed by atoms with Gasteiger partial charge >= 0.3 is 0 Å². The van der Waals surface area contributed by atoms with Crippen LogP contribution in [0.25, 0.3) is 0 Å². The van der Waals surface area contributed by atoms with Gasteiger partial charge in [0.1, 0.15) is 5.75 Å². The van der Waals surface area contributed by atoms with Crippen molar-refractivity contribution in [1.29, 1.82) is 0 Å². The highest BCUT2D eigenvalue weighted by molar-refractivity contribution is 5.81. The van der Waals surface area contributed by atoms with Gasteiger partial charge in [-0.25, -0.2) is 0 Å². The van der Waals surface area contributed by atoms with Crippen LogP contribution in [0.15, 0.2) is 54.9 Å². The molecule has 1 aliphatic rings. The summed E-state index contributed by atoms with van der Waals surface area (Å²) in [6.45, 7) is 2.44. The second-order valence-corrected chi connectivity index (χ2v) is 5.63. The standard InChI is InChI=1S/C18H20N2O2/c1-14(22-17-5-3-2-4-6-17)18(21)20(16-7-8-16)13-15-9-11-19-12-10-15/h2-6,9-12,14,16H,7-8,13H2,1H3/t14-/m1/s1. The maximum Gasteiger partial charge on any atom is 0.263 e. The van der Waals surface area contributed by atoms with E-state index in [0.717, 1.165) is 24.2 Å². The highest BCUT2D eigenvalue weighted by Gasteiger charge is 2.35. The third-order valence-electron chi connectivity index (χ3n) is 3.78. The predicted octanol–water partition coefficient (Wildman–Crippen LogP) is 3.04. The van der Waals surface area contributed by atoms with Crippen molar-refractivity contribution in [2.24, 2.45) is 0 Å². The van der Waals surface area contributed by atoms with E-state index in [9.17, 15) is 4.79 Å². The van der Waals surface area contributed by atoms with Gasteiger partial charge in [0.15, 0.2) is 6.10 Å². The monoisotopic (exact) mass is 296 g/mol. The van der Waals surface area contributed by atoms with Gasteiger partial charge in [-0.1, -0.05) is 18.2 Å². The van der Waals surface area contributed by atoms with Crippen LogP contribution < -0.4 is 4.74 Å². The lowest BCUT2D eigenvalue weighted by Gasteiger charge is -2.26. The molecule has 1 aromatic heterocycles. The molecule has 1 saturated carbocycles. The molecule has 4 heteroatoms. The first kappa shape index (κ1) is 14.6. The lowest BCUT2D eigenvalue weighted by molar-refractivity contribution is -0.139. The first-order valence-corrected chi connectivity index (χ1v) is 7.65. The van der Waals surface area contributed by atoms with E-state index in [4.69, 9.17) is 4.74 Å². The fourth-order valence-electron chi connectivity index (χ4n) is 2.45. The molecule has 0 spiro atoms. The summed E-state index contributed by atoms with van der Waals surface area (Å²) in [5.41, 5.74) is 1.10. The molecule has 0 radical (unpaired) electrons. The Hall–Kier alpha value is -2.36. The number of benzene rings is 1. The van der Waals surface area contributed by atoms with Crippen LogP contribution in [0.5, 0.6) is 5.75 Å². The molecule has 1 fully saturated rings. The summed E-state index contributed by atoms with van der Waals surface area (Å²) in [6, 6.07) is 13.7. The minimum absolute atomic E-state index is 0.0446. The van der Waals surface area contributed by atoms with Crippen molar-refractivity contribution in [3.05, 3.63) is 60.4 Å². The highest BCUT2D eigenvalue weighted by atomic mass is 16.5. The van der Waals surface area contributed by atoms with Gasteiger partial charge < -0.3 is 9.64 Å². The topological polar surface area (TPSA) is 42.4 Å². The van der Waals surface area contributed by atoms with Crippen molar-refractivity contribution in [3.8, 4) is 5.75 Å². The van der Waals surface area contributed by atoms with Gasteiger partial charge in [0, 0.05) is 25.0 Å². The zero-order valence-electron chi connectivity index (χ0n) is 12.7. The van der Waals surface area contributed by atoms with E-state index in [-0.39, 0.29) is 5.91 Å². The second-order valence-electron chi connectivity index (χ2n) is 5.63. The molecule has 0 aliphatic heterocycles. The van der Waals surface area contributed by atoms with Gasteiger partial charge in [-0.05, 0) is 49.6 Å². The van der Waals surface area contributed by atoms with Gasteiger partial charge in [0.25, 0.3) is 5.91 Å². The van der Waals surface area contributed by atoms with Crippen molar-refractivity contribution in [2.75, 3.05) is 0 Å². The Morgan fingerprint density at radius 1 is 1.23 bits per heavy atom. The average molecular weight is 296 g/mol. The fourth-order valence-corrected chi connectivity index (χ4v) is 2.45. The van der Waals surface area contributed by atoms with Crippen LogP contribution >= 0.6 is 0 Å². The van der Waals surface area contributed by atoms with Crippen LogP contribution in [0.4, 0.5) is 0 Å². The van der Waals surface area contributed by atoms with E-state index < -0.39 is 6.10 Å². The molecular formula is C18H20N2O2. The number of pyridine rings is 1. The Morgan fingerprint density at radius 3 is 2.55 bits per heavy atom. The predicted molar refractivity (Wildman–Crippen MR) is 84.3 cm³/mol. The number of hydrogen-bond donors (Lipinski definition) is 0. The number of amides is 1. The number of ether oxygens (including phenoxy) is 1. The molecule has 114 valence electrons. The summed E-state index contributed by atoms with van der Waals surface area (Å²) in [7, 11) is 0. The zero-order chi connectivity index (χ0) is 15.4. The van der Waals surface area contributed by atoms with E-state index in [1.165, 1.54) is 0 Å². The van der Waals surface area contributed by atoms with Gasteiger partial charge in [0.05, 0.1) is 0 Å². The quantitative estimate of drug-likeness (QED) is 0.823. The summed E-state index contributed by atoms with van der Waals surface area (Å²) in [6.07, 6.45) is 5.19. The van der Waals surface area contributed by atoms with E-state index in [2.05, 4.69) is 4.98 Å². The van der Waals surface area contributed by atoms with E-state index in [0.29, 0.717) is 12.6 Å². The lowest BCUT2D eigenvalue weighted by Crippen LogP contribution is -2.41. The van der Waals surface area contributed by atoms with Crippen molar-refractivity contribution in [2.45, 2.75) is 38.5 Å². The molecule has 1 aliphatic carbocycles. The molecule has 0 N–H and O–H groups in total. The summed E-state index contributed by atoms with van der Waals surface area (Å²) in [5, 5.41) is 0. The maximum absolute atomic E-state index is 12.7. The molecule has 4 nitrogen and oxygen atoms in total. The smallest absolute Gasteiger partial charge is 0.263 e. The summed E-state index contributed by atoms with van der Waals surface area (Å²) in [5.74, 6) is 0.770. The van der Waals surface area contributed by atoms with Crippen molar-refractivity contribution < 1.29 is 9.53 Å². The van der Waals surface area contributed by atoms with Crippen LogP contribution in [0, 0.1) is 0 Å². The maximum atomic E-state index is 12.7.